The Hall–Kier alpha value is -1.43. The lowest BCUT2D eigenvalue weighted by Crippen LogP contribution is -2.34. The summed E-state index contributed by atoms with van der Waals surface area (Å²) in [5, 5.41) is 2.93. The number of nitrogens with zero attached hydrogens (tertiary/aromatic N) is 1. The van der Waals surface area contributed by atoms with Gasteiger partial charge in [-0.25, -0.2) is 0 Å². The topological polar surface area (TPSA) is 45.7 Å². The summed E-state index contributed by atoms with van der Waals surface area (Å²) in [6, 6.07) is 1.81. The van der Waals surface area contributed by atoms with Crippen LogP contribution in [0.15, 0.2) is 12.3 Å². The van der Waals surface area contributed by atoms with Crippen molar-refractivity contribution in [3.8, 4) is 11.8 Å². The van der Waals surface area contributed by atoms with Crippen molar-refractivity contribution >= 4 is 5.82 Å². The molecule has 1 heterocycles. The van der Waals surface area contributed by atoms with Crippen LogP contribution in [0.2, 0.25) is 0 Å². The molecule has 0 aliphatic carbocycles. The van der Waals surface area contributed by atoms with Crippen molar-refractivity contribution in [2.24, 2.45) is 0 Å². The lowest BCUT2D eigenvalue weighted by Gasteiger charge is -1.80. The number of anilines is 1. The van der Waals surface area contributed by atoms with E-state index < -0.39 is 0 Å². The largest absolute Gasteiger partial charge is 0.381 e. The van der Waals surface area contributed by atoms with Crippen LogP contribution >= 0.6 is 0 Å². The predicted molar refractivity (Wildman–Crippen MR) is 54.8 cm³/mol. The molecular formula is C10H18N3+. The number of H-pyrrole nitrogens is 1. The maximum absolute atomic E-state index is 5.46. The molecule has 0 atom stereocenters. The van der Waals surface area contributed by atoms with E-state index >= 15 is 0 Å². The second kappa shape index (κ2) is 7.23. The monoisotopic (exact) mass is 180 g/mol. The quantitative estimate of drug-likeness (QED) is 0.497. The van der Waals surface area contributed by atoms with Crippen LogP contribution in [-0.2, 0) is 6.54 Å². The predicted octanol–water partition coefficient (Wildman–Crippen LogP) is 1.32. The maximum atomic E-state index is 5.46. The first-order chi connectivity index (χ1) is 6.33. The van der Waals surface area contributed by atoms with Gasteiger partial charge in [0.05, 0.1) is 0 Å². The minimum Gasteiger partial charge on any atom is -0.381 e. The lowest BCUT2D eigenvalue weighted by atomic mass is 10.5. The van der Waals surface area contributed by atoms with E-state index in [0.29, 0.717) is 12.4 Å². The molecule has 0 saturated carbocycles. The summed E-state index contributed by atoms with van der Waals surface area (Å²) >= 11 is 0. The van der Waals surface area contributed by atoms with Crippen molar-refractivity contribution in [3.63, 3.8) is 0 Å². The molecule has 3 heteroatoms. The zero-order valence-corrected chi connectivity index (χ0v) is 8.59. The van der Waals surface area contributed by atoms with Gasteiger partial charge in [-0.3, -0.25) is 0 Å². The molecule has 3 nitrogen and oxygen atoms in total. The molecule has 0 saturated heterocycles. The molecule has 0 amide bonds. The fourth-order valence-electron chi connectivity index (χ4n) is 0.769. The first-order valence-corrected chi connectivity index (χ1v) is 4.62. The first kappa shape index (κ1) is 11.6. The molecule has 1 rings (SSSR count). The van der Waals surface area contributed by atoms with Crippen LogP contribution in [0.5, 0.6) is 0 Å². The van der Waals surface area contributed by atoms with Gasteiger partial charge in [0.2, 0.25) is 6.54 Å². The highest BCUT2D eigenvalue weighted by Gasteiger charge is 1.97. The molecule has 1 aromatic rings. The van der Waals surface area contributed by atoms with Crippen molar-refractivity contribution in [2.45, 2.75) is 33.7 Å². The van der Waals surface area contributed by atoms with Crippen LogP contribution in [0, 0.1) is 11.8 Å². The van der Waals surface area contributed by atoms with Crippen LogP contribution in [0.25, 0.3) is 0 Å². The molecular weight excluding hydrogens is 162 g/mol. The van der Waals surface area contributed by atoms with E-state index in [1.807, 2.05) is 37.7 Å². The molecule has 0 fully saturated rings. The molecule has 0 aromatic carbocycles. The van der Waals surface area contributed by atoms with Crippen LogP contribution in [0.3, 0.4) is 0 Å². The Labute approximate surface area is 79.9 Å². The molecule has 0 radical (unpaired) electrons. The molecule has 0 bridgehead atoms. The Balaban J connectivity index is 0.000000671. The molecule has 72 valence electrons. The molecule has 0 aliphatic heterocycles. The first-order valence-electron chi connectivity index (χ1n) is 4.62. The van der Waals surface area contributed by atoms with Crippen molar-refractivity contribution in [3.05, 3.63) is 12.3 Å². The van der Waals surface area contributed by atoms with E-state index in [0.717, 1.165) is 6.42 Å². The summed E-state index contributed by atoms with van der Waals surface area (Å²) < 4.78 is 1.85. The maximum Gasteiger partial charge on any atom is 0.232 e. The average molecular weight is 180 g/mol. The normalized spacial score (nSPS) is 7.92. The van der Waals surface area contributed by atoms with Gasteiger partial charge in [-0.1, -0.05) is 26.7 Å². The van der Waals surface area contributed by atoms with E-state index in [4.69, 9.17) is 5.73 Å². The third-order valence-electron chi connectivity index (χ3n) is 1.26. The number of rotatable bonds is 1. The second-order valence-corrected chi connectivity index (χ2v) is 2.22. The zero-order chi connectivity index (χ0) is 10.1. The Morgan fingerprint density at radius 3 is 2.62 bits per heavy atom. The summed E-state index contributed by atoms with van der Waals surface area (Å²) in [6.45, 7) is 6.71. The van der Waals surface area contributed by atoms with Crippen LogP contribution in [-0.4, -0.2) is 5.10 Å². The number of nitrogen functional groups attached to an aromatic ring is 1. The molecule has 3 N–H and O–H groups in total. The van der Waals surface area contributed by atoms with Gasteiger partial charge in [0.25, 0.3) is 0 Å². The number of nitrogens with two attached hydrogens (primary N) is 1. The number of aromatic nitrogens is 2. The summed E-state index contributed by atoms with van der Waals surface area (Å²) in [5.41, 5.74) is 5.46. The highest BCUT2D eigenvalue weighted by Crippen LogP contribution is 1.86. The van der Waals surface area contributed by atoms with Crippen LogP contribution in [0.1, 0.15) is 27.2 Å². The summed E-state index contributed by atoms with van der Waals surface area (Å²) in [5.74, 6) is 6.63. The highest BCUT2D eigenvalue weighted by atomic mass is 15.3. The SMILES string of the molecule is CC.CCC#CC[n+]1ccc(N)[nH]1. The fraction of sp³-hybridized carbons (Fsp3) is 0.500. The van der Waals surface area contributed by atoms with Crippen molar-refractivity contribution in [1.82, 2.24) is 5.10 Å². The Kier molecular flexibility index (Phi) is 6.44. The van der Waals surface area contributed by atoms with Crippen LogP contribution < -0.4 is 10.4 Å². The third-order valence-corrected chi connectivity index (χ3v) is 1.26. The summed E-state index contributed by atoms with van der Waals surface area (Å²) in [4.78, 5) is 0. The van der Waals surface area contributed by atoms with Crippen molar-refractivity contribution < 1.29 is 4.68 Å². The van der Waals surface area contributed by atoms with Gasteiger partial charge in [-0.2, -0.15) is 0 Å². The van der Waals surface area contributed by atoms with E-state index in [2.05, 4.69) is 16.9 Å². The molecule has 0 aliphatic rings. The van der Waals surface area contributed by atoms with Gasteiger partial charge in [-0.05, 0) is 5.92 Å². The van der Waals surface area contributed by atoms with Gasteiger partial charge in [0, 0.05) is 12.5 Å². The number of hydrogen-bond acceptors (Lipinski definition) is 1. The lowest BCUT2D eigenvalue weighted by molar-refractivity contribution is -0.738. The van der Waals surface area contributed by atoms with Crippen LogP contribution in [0.4, 0.5) is 5.82 Å². The zero-order valence-electron chi connectivity index (χ0n) is 8.59. The minimum absolute atomic E-state index is 0.670. The van der Waals surface area contributed by atoms with Gasteiger partial charge < -0.3 is 5.73 Å². The van der Waals surface area contributed by atoms with Crippen molar-refractivity contribution in [1.29, 1.82) is 0 Å². The number of hydrogen-bond donors (Lipinski definition) is 2. The van der Waals surface area contributed by atoms with E-state index in [1.54, 1.807) is 0 Å². The van der Waals surface area contributed by atoms with E-state index in [9.17, 15) is 0 Å². The fourth-order valence-corrected chi connectivity index (χ4v) is 0.769. The van der Waals surface area contributed by atoms with Gasteiger partial charge in [0.1, 0.15) is 0 Å². The Morgan fingerprint density at radius 1 is 1.46 bits per heavy atom. The van der Waals surface area contributed by atoms with Crippen molar-refractivity contribution in [2.75, 3.05) is 5.73 Å². The molecule has 13 heavy (non-hydrogen) atoms. The Morgan fingerprint density at radius 2 is 2.15 bits per heavy atom. The smallest absolute Gasteiger partial charge is 0.232 e. The van der Waals surface area contributed by atoms with Gasteiger partial charge in [-0.15, -0.1) is 9.78 Å². The second-order valence-electron chi connectivity index (χ2n) is 2.22. The molecule has 0 unspecified atom stereocenters. The standard InChI is InChI=1S/C8H11N3.C2H6/c1-2-3-4-6-11-7-5-8(9)10-11;1-2/h5,7H,2,6H2,1H3,(H2,9,10);1-2H3/p+1. The van der Waals surface area contributed by atoms with E-state index in [1.165, 1.54) is 0 Å². The van der Waals surface area contributed by atoms with Gasteiger partial charge in [0.15, 0.2) is 12.0 Å². The third kappa shape index (κ3) is 4.91. The van der Waals surface area contributed by atoms with E-state index in [-0.39, 0.29) is 0 Å². The summed E-state index contributed by atoms with van der Waals surface area (Å²) in [6.07, 6.45) is 2.77. The number of nitrogens with one attached hydrogen (secondary N) is 1. The minimum atomic E-state index is 0.670. The number of aromatic amines is 1. The highest BCUT2D eigenvalue weighted by molar-refractivity contribution is 5.20. The molecule has 0 spiro atoms. The summed E-state index contributed by atoms with van der Waals surface area (Å²) in [7, 11) is 0. The Bertz CT molecular complexity index is 278. The average Bonchev–Trinajstić information content (AvgIpc) is 2.56. The van der Waals surface area contributed by atoms with Gasteiger partial charge >= 0.3 is 0 Å². The molecule has 1 aromatic heterocycles.